The van der Waals surface area contributed by atoms with Crippen molar-refractivity contribution in [3.05, 3.63) is 40.9 Å². The van der Waals surface area contributed by atoms with Gasteiger partial charge >= 0.3 is 0 Å². The summed E-state index contributed by atoms with van der Waals surface area (Å²) in [5.41, 5.74) is 0.470. The Hall–Kier alpha value is -2.74. The molecule has 0 saturated carbocycles. The molecule has 2 amide bonds. The highest BCUT2D eigenvalue weighted by molar-refractivity contribution is 5.78. The van der Waals surface area contributed by atoms with Crippen LogP contribution < -0.4 is 5.56 Å². The molecule has 3 heterocycles. The Kier molecular flexibility index (Phi) is 5.36. The average Bonchev–Trinajstić information content (AvgIpc) is 3.21. The molecule has 0 aliphatic carbocycles. The molecule has 0 radical (unpaired) electrons. The van der Waals surface area contributed by atoms with E-state index < -0.39 is 0 Å². The van der Waals surface area contributed by atoms with Gasteiger partial charge in [0.05, 0.1) is 17.2 Å². The quantitative estimate of drug-likeness (QED) is 0.722. The third-order valence-electron chi connectivity index (χ3n) is 6.49. The fraction of sp³-hybridized carbons (Fsp3) is 0.545. The topological polar surface area (TPSA) is 78.8 Å². The summed E-state index contributed by atoms with van der Waals surface area (Å²) in [7, 11) is 4.07. The van der Waals surface area contributed by atoms with E-state index >= 15 is 0 Å². The van der Waals surface area contributed by atoms with Crippen LogP contribution in [0.4, 0.5) is 0 Å². The van der Waals surface area contributed by atoms with E-state index in [4.69, 9.17) is 0 Å². The molecule has 0 unspecified atom stereocenters. The summed E-state index contributed by atoms with van der Waals surface area (Å²) in [5.74, 6) is 0.443. The lowest BCUT2D eigenvalue weighted by atomic mass is 9.80. The number of amides is 2. The lowest BCUT2D eigenvalue weighted by Crippen LogP contribution is -2.43. The summed E-state index contributed by atoms with van der Waals surface area (Å²) in [4.78, 5) is 47.8. The van der Waals surface area contributed by atoms with Crippen LogP contribution in [0.1, 0.15) is 13.3 Å². The molecule has 2 atom stereocenters. The molecular weight excluding hydrogens is 382 g/mol. The zero-order valence-corrected chi connectivity index (χ0v) is 17.9. The number of likely N-dealkylation sites (tertiary alicyclic amines) is 2. The van der Waals surface area contributed by atoms with E-state index in [1.807, 2.05) is 42.1 Å². The number of carbonyl (C=O) groups is 2. The number of rotatable bonds is 5. The highest BCUT2D eigenvalue weighted by Gasteiger charge is 2.53. The molecule has 8 nitrogen and oxygen atoms in total. The summed E-state index contributed by atoms with van der Waals surface area (Å²) >= 11 is 0. The zero-order chi connectivity index (χ0) is 21.5. The largest absolute Gasteiger partial charge is 0.342 e. The van der Waals surface area contributed by atoms with Crippen molar-refractivity contribution in [1.29, 1.82) is 0 Å². The van der Waals surface area contributed by atoms with Crippen molar-refractivity contribution in [2.24, 2.45) is 11.3 Å². The smallest absolute Gasteiger partial charge is 0.261 e. The molecule has 0 spiro atoms. The van der Waals surface area contributed by atoms with E-state index in [1.54, 1.807) is 13.0 Å². The van der Waals surface area contributed by atoms with Crippen LogP contribution in [0.5, 0.6) is 0 Å². The van der Waals surface area contributed by atoms with Crippen LogP contribution in [0.3, 0.4) is 0 Å². The first-order valence-corrected chi connectivity index (χ1v) is 10.4. The van der Waals surface area contributed by atoms with Crippen LogP contribution in [0, 0.1) is 11.3 Å². The van der Waals surface area contributed by atoms with Crippen LogP contribution in [0.2, 0.25) is 0 Å². The minimum Gasteiger partial charge on any atom is -0.342 e. The third kappa shape index (κ3) is 3.71. The Morgan fingerprint density at radius 3 is 2.60 bits per heavy atom. The first-order valence-electron chi connectivity index (χ1n) is 10.4. The van der Waals surface area contributed by atoms with Gasteiger partial charge in [-0.15, -0.1) is 0 Å². The third-order valence-corrected chi connectivity index (χ3v) is 6.49. The highest BCUT2D eigenvalue weighted by atomic mass is 16.2. The summed E-state index contributed by atoms with van der Waals surface area (Å²) < 4.78 is 1.52. The highest BCUT2D eigenvalue weighted by Crippen LogP contribution is 2.43. The molecule has 0 bridgehead atoms. The second kappa shape index (κ2) is 7.83. The molecule has 2 aliphatic heterocycles. The van der Waals surface area contributed by atoms with Crippen LogP contribution in [-0.4, -0.2) is 82.9 Å². The number of aromatic nitrogens is 2. The molecule has 2 saturated heterocycles. The first kappa shape index (κ1) is 20.5. The van der Waals surface area contributed by atoms with Gasteiger partial charge in [-0.05, 0) is 26.2 Å². The maximum Gasteiger partial charge on any atom is 0.261 e. The van der Waals surface area contributed by atoms with E-state index in [0.29, 0.717) is 43.6 Å². The van der Waals surface area contributed by atoms with Crippen LogP contribution in [0.25, 0.3) is 10.9 Å². The predicted octanol–water partition coefficient (Wildman–Crippen LogP) is 0.655. The number of aryl methyl sites for hydroxylation is 1. The van der Waals surface area contributed by atoms with Crippen molar-refractivity contribution in [2.45, 2.75) is 19.9 Å². The fourth-order valence-electron chi connectivity index (χ4n) is 5.10. The second-order valence-corrected chi connectivity index (χ2v) is 8.98. The summed E-state index contributed by atoms with van der Waals surface area (Å²) in [6.45, 7) is 5.51. The van der Waals surface area contributed by atoms with Crippen molar-refractivity contribution in [3.63, 3.8) is 0 Å². The first-order chi connectivity index (χ1) is 14.3. The van der Waals surface area contributed by atoms with Crippen molar-refractivity contribution in [2.75, 3.05) is 46.8 Å². The van der Waals surface area contributed by atoms with Gasteiger partial charge in [0.15, 0.2) is 0 Å². The minimum atomic E-state index is -0.118. The lowest BCUT2D eigenvalue weighted by molar-refractivity contribution is -0.131. The average molecular weight is 412 g/mol. The number of hydrogen-bond acceptors (Lipinski definition) is 5. The number of para-hydroxylation sites is 1. The van der Waals surface area contributed by atoms with Crippen LogP contribution in [-0.2, 0) is 16.1 Å². The number of hydrogen-bond donors (Lipinski definition) is 0. The predicted molar refractivity (Wildman–Crippen MR) is 114 cm³/mol. The zero-order valence-electron chi connectivity index (χ0n) is 17.9. The molecule has 160 valence electrons. The normalized spacial score (nSPS) is 23.4. The molecule has 0 N–H and O–H groups in total. The molecular formula is C22H29N5O3. The van der Waals surface area contributed by atoms with Gasteiger partial charge in [-0.3, -0.25) is 19.0 Å². The standard InChI is InChI=1S/C22H29N5O3/c1-16(28)26-10-17-11-27(14-22(17,13-26)12-24(2)3)20(29)8-9-25-15-23-19-7-5-4-6-18(19)21(25)30/h4-7,15,17H,8-14H2,1-3H3/t17-,22+/m1/s1. The second-order valence-electron chi connectivity index (χ2n) is 8.98. The summed E-state index contributed by atoms with van der Waals surface area (Å²) in [6.07, 6.45) is 1.79. The molecule has 1 aromatic carbocycles. The summed E-state index contributed by atoms with van der Waals surface area (Å²) in [5, 5.41) is 0.567. The van der Waals surface area contributed by atoms with E-state index in [1.165, 1.54) is 10.9 Å². The van der Waals surface area contributed by atoms with E-state index in [9.17, 15) is 14.4 Å². The molecule has 30 heavy (non-hydrogen) atoms. The number of fused-ring (bicyclic) bond motifs is 2. The molecule has 4 rings (SSSR count). The van der Waals surface area contributed by atoms with Gasteiger partial charge in [0, 0.05) is 63.9 Å². The van der Waals surface area contributed by atoms with Gasteiger partial charge in [0.1, 0.15) is 0 Å². The minimum absolute atomic E-state index is 0.0527. The molecule has 2 aliphatic rings. The van der Waals surface area contributed by atoms with Crippen molar-refractivity contribution in [3.8, 4) is 0 Å². The maximum absolute atomic E-state index is 13.0. The van der Waals surface area contributed by atoms with Crippen molar-refractivity contribution >= 4 is 22.7 Å². The maximum atomic E-state index is 13.0. The van der Waals surface area contributed by atoms with Gasteiger partial charge in [0.2, 0.25) is 11.8 Å². The Balaban J connectivity index is 1.44. The molecule has 2 fully saturated rings. The van der Waals surface area contributed by atoms with Gasteiger partial charge in [-0.1, -0.05) is 12.1 Å². The van der Waals surface area contributed by atoms with Gasteiger partial charge in [0.25, 0.3) is 5.56 Å². The van der Waals surface area contributed by atoms with E-state index in [-0.39, 0.29) is 35.1 Å². The Morgan fingerprint density at radius 1 is 1.17 bits per heavy atom. The number of benzene rings is 1. The SMILES string of the molecule is CC(=O)N1C[C@@H]2CN(C(=O)CCn3cnc4ccccc4c3=O)C[C@]2(CN(C)C)C1. The lowest BCUT2D eigenvalue weighted by Gasteiger charge is -2.32. The Bertz CT molecular complexity index is 1030. The Labute approximate surface area is 176 Å². The van der Waals surface area contributed by atoms with E-state index in [0.717, 1.165) is 6.54 Å². The van der Waals surface area contributed by atoms with Crippen LogP contribution >= 0.6 is 0 Å². The molecule has 2 aromatic rings. The van der Waals surface area contributed by atoms with Gasteiger partial charge in [-0.25, -0.2) is 4.98 Å². The van der Waals surface area contributed by atoms with E-state index in [2.05, 4.69) is 9.88 Å². The molecule has 8 heteroatoms. The van der Waals surface area contributed by atoms with Gasteiger partial charge < -0.3 is 14.7 Å². The van der Waals surface area contributed by atoms with Gasteiger partial charge in [-0.2, -0.15) is 0 Å². The fourth-order valence-corrected chi connectivity index (χ4v) is 5.10. The summed E-state index contributed by atoms with van der Waals surface area (Å²) in [6, 6.07) is 7.24. The molecule has 1 aromatic heterocycles. The Morgan fingerprint density at radius 2 is 1.87 bits per heavy atom. The monoisotopic (exact) mass is 411 g/mol. The number of nitrogens with zero attached hydrogens (tertiary/aromatic N) is 5. The number of carbonyl (C=O) groups excluding carboxylic acids is 2. The van der Waals surface area contributed by atoms with Crippen molar-refractivity contribution < 1.29 is 9.59 Å². The van der Waals surface area contributed by atoms with Crippen LogP contribution in [0.15, 0.2) is 35.4 Å². The van der Waals surface area contributed by atoms with Crippen molar-refractivity contribution in [1.82, 2.24) is 24.3 Å².